The molecule has 6 heteroatoms. The number of hydrogen-bond donors (Lipinski definition) is 2. The predicted molar refractivity (Wildman–Crippen MR) is 74.1 cm³/mol. The van der Waals surface area contributed by atoms with E-state index in [-0.39, 0.29) is 24.2 Å². The number of hydrogen-bond acceptors (Lipinski definition) is 3. The van der Waals surface area contributed by atoms with Crippen LogP contribution in [0.2, 0.25) is 0 Å². The van der Waals surface area contributed by atoms with Crippen molar-refractivity contribution in [2.45, 2.75) is 45.4 Å². The number of unbranched alkanes of at least 4 members (excludes halogenated alkanes) is 2. The molecule has 0 saturated carbocycles. The standard InChI is InChI=1S/C14H24N2O4/c1-11(17)16-9-6-12(7-10-16)14(20)15-8-4-2-3-5-13(18)19/h12H,2-10H2,1H3,(H,15,20)(H,18,19). The van der Waals surface area contributed by atoms with Crippen molar-refractivity contribution in [3.63, 3.8) is 0 Å². The fourth-order valence-electron chi connectivity index (χ4n) is 2.39. The summed E-state index contributed by atoms with van der Waals surface area (Å²) in [5.41, 5.74) is 0. The lowest BCUT2D eigenvalue weighted by molar-refractivity contribution is -0.137. The van der Waals surface area contributed by atoms with Crippen LogP contribution in [-0.4, -0.2) is 47.4 Å². The van der Waals surface area contributed by atoms with Gasteiger partial charge in [0.2, 0.25) is 11.8 Å². The zero-order valence-corrected chi connectivity index (χ0v) is 12.1. The van der Waals surface area contributed by atoms with Gasteiger partial charge in [0, 0.05) is 38.9 Å². The van der Waals surface area contributed by atoms with Gasteiger partial charge in [0.25, 0.3) is 0 Å². The summed E-state index contributed by atoms with van der Waals surface area (Å²) in [7, 11) is 0. The van der Waals surface area contributed by atoms with Gasteiger partial charge in [-0.3, -0.25) is 14.4 Å². The van der Waals surface area contributed by atoms with Crippen LogP contribution in [0, 0.1) is 5.92 Å². The number of carboxylic acids is 1. The van der Waals surface area contributed by atoms with Crippen LogP contribution in [0.5, 0.6) is 0 Å². The zero-order chi connectivity index (χ0) is 15.0. The van der Waals surface area contributed by atoms with E-state index in [1.807, 2.05) is 0 Å². The molecule has 0 bridgehead atoms. The first-order valence-corrected chi connectivity index (χ1v) is 7.25. The number of amides is 2. The molecule has 1 fully saturated rings. The first-order valence-electron chi connectivity index (χ1n) is 7.25. The number of nitrogens with one attached hydrogen (secondary N) is 1. The van der Waals surface area contributed by atoms with Crippen LogP contribution in [0.3, 0.4) is 0 Å². The lowest BCUT2D eigenvalue weighted by Crippen LogP contribution is -2.42. The molecule has 1 saturated heterocycles. The summed E-state index contributed by atoms with van der Waals surface area (Å²) in [4.78, 5) is 35.2. The van der Waals surface area contributed by atoms with Crippen LogP contribution in [-0.2, 0) is 14.4 Å². The molecular weight excluding hydrogens is 260 g/mol. The molecule has 1 rings (SSSR count). The van der Waals surface area contributed by atoms with Gasteiger partial charge in [-0.2, -0.15) is 0 Å². The molecule has 0 aromatic heterocycles. The van der Waals surface area contributed by atoms with Crippen molar-refractivity contribution in [2.24, 2.45) is 5.92 Å². The molecule has 0 radical (unpaired) electrons. The molecule has 1 aliphatic heterocycles. The number of aliphatic carboxylic acids is 1. The summed E-state index contributed by atoms with van der Waals surface area (Å²) in [5.74, 6) is -0.635. The average Bonchev–Trinajstić information content (AvgIpc) is 2.42. The second kappa shape index (κ2) is 8.55. The molecular formula is C14H24N2O4. The molecule has 0 aromatic rings. The number of likely N-dealkylation sites (tertiary alicyclic amines) is 1. The van der Waals surface area contributed by atoms with Gasteiger partial charge in [0.15, 0.2) is 0 Å². The molecule has 0 aromatic carbocycles. The van der Waals surface area contributed by atoms with Crippen LogP contribution in [0.25, 0.3) is 0 Å². The van der Waals surface area contributed by atoms with Crippen LogP contribution < -0.4 is 5.32 Å². The maximum absolute atomic E-state index is 11.9. The van der Waals surface area contributed by atoms with Crippen LogP contribution in [0.4, 0.5) is 0 Å². The van der Waals surface area contributed by atoms with E-state index >= 15 is 0 Å². The van der Waals surface area contributed by atoms with Crippen molar-refractivity contribution in [3.05, 3.63) is 0 Å². The highest BCUT2D eigenvalue weighted by Gasteiger charge is 2.25. The lowest BCUT2D eigenvalue weighted by atomic mass is 9.96. The van der Waals surface area contributed by atoms with Gasteiger partial charge in [-0.05, 0) is 25.7 Å². The SMILES string of the molecule is CC(=O)N1CCC(C(=O)NCCCCCC(=O)O)CC1. The number of carbonyl (C=O) groups excluding carboxylic acids is 2. The monoisotopic (exact) mass is 284 g/mol. The van der Waals surface area contributed by atoms with Crippen molar-refractivity contribution in [3.8, 4) is 0 Å². The minimum atomic E-state index is -0.772. The van der Waals surface area contributed by atoms with E-state index in [1.54, 1.807) is 11.8 Å². The average molecular weight is 284 g/mol. The first-order chi connectivity index (χ1) is 9.50. The summed E-state index contributed by atoms with van der Waals surface area (Å²) in [6, 6.07) is 0. The van der Waals surface area contributed by atoms with E-state index in [1.165, 1.54) is 0 Å². The summed E-state index contributed by atoms with van der Waals surface area (Å²) < 4.78 is 0. The Labute approximate surface area is 119 Å². The smallest absolute Gasteiger partial charge is 0.303 e. The van der Waals surface area contributed by atoms with E-state index in [0.717, 1.165) is 25.7 Å². The van der Waals surface area contributed by atoms with Crippen molar-refractivity contribution in [1.82, 2.24) is 10.2 Å². The minimum Gasteiger partial charge on any atom is -0.481 e. The van der Waals surface area contributed by atoms with Gasteiger partial charge in [-0.15, -0.1) is 0 Å². The van der Waals surface area contributed by atoms with Gasteiger partial charge in [-0.25, -0.2) is 0 Å². The number of rotatable bonds is 7. The van der Waals surface area contributed by atoms with E-state index < -0.39 is 5.97 Å². The van der Waals surface area contributed by atoms with E-state index in [0.29, 0.717) is 26.1 Å². The fraction of sp³-hybridized carbons (Fsp3) is 0.786. The number of nitrogens with zero attached hydrogens (tertiary/aromatic N) is 1. The third-order valence-corrected chi connectivity index (χ3v) is 3.68. The lowest BCUT2D eigenvalue weighted by Gasteiger charge is -2.30. The summed E-state index contributed by atoms with van der Waals surface area (Å²) in [6.07, 6.45) is 3.93. The van der Waals surface area contributed by atoms with Gasteiger partial charge in [0.1, 0.15) is 0 Å². The van der Waals surface area contributed by atoms with E-state index in [9.17, 15) is 14.4 Å². The molecule has 2 amide bonds. The Morgan fingerprint density at radius 2 is 1.80 bits per heavy atom. The second-order valence-electron chi connectivity index (χ2n) is 5.28. The number of carbonyl (C=O) groups is 3. The first kappa shape index (κ1) is 16.5. The highest BCUT2D eigenvalue weighted by molar-refractivity contribution is 5.79. The quantitative estimate of drug-likeness (QED) is 0.683. The van der Waals surface area contributed by atoms with Gasteiger partial charge >= 0.3 is 5.97 Å². The molecule has 1 heterocycles. The molecule has 0 atom stereocenters. The Balaban J connectivity index is 2.09. The van der Waals surface area contributed by atoms with Gasteiger partial charge in [-0.1, -0.05) is 6.42 Å². The Morgan fingerprint density at radius 3 is 2.35 bits per heavy atom. The largest absolute Gasteiger partial charge is 0.481 e. The normalized spacial score (nSPS) is 15.9. The summed E-state index contributed by atoms with van der Waals surface area (Å²) in [6.45, 7) is 3.47. The third kappa shape index (κ3) is 6.04. The van der Waals surface area contributed by atoms with Crippen molar-refractivity contribution in [2.75, 3.05) is 19.6 Å². The molecule has 0 unspecified atom stereocenters. The van der Waals surface area contributed by atoms with Crippen LogP contribution in [0.15, 0.2) is 0 Å². The maximum atomic E-state index is 11.9. The van der Waals surface area contributed by atoms with Crippen LogP contribution in [0.1, 0.15) is 45.4 Å². The molecule has 0 aliphatic carbocycles. The second-order valence-corrected chi connectivity index (χ2v) is 5.28. The van der Waals surface area contributed by atoms with E-state index in [4.69, 9.17) is 5.11 Å². The predicted octanol–water partition coefficient (Wildman–Crippen LogP) is 1.01. The number of piperidine rings is 1. The van der Waals surface area contributed by atoms with Crippen LogP contribution >= 0.6 is 0 Å². The molecule has 20 heavy (non-hydrogen) atoms. The maximum Gasteiger partial charge on any atom is 0.303 e. The van der Waals surface area contributed by atoms with Gasteiger partial charge in [0.05, 0.1) is 0 Å². The molecule has 6 nitrogen and oxygen atoms in total. The highest BCUT2D eigenvalue weighted by atomic mass is 16.4. The zero-order valence-electron chi connectivity index (χ0n) is 12.1. The molecule has 2 N–H and O–H groups in total. The summed E-state index contributed by atoms with van der Waals surface area (Å²) in [5, 5.41) is 11.4. The Kier molecular flexibility index (Phi) is 7.04. The summed E-state index contributed by atoms with van der Waals surface area (Å²) >= 11 is 0. The van der Waals surface area contributed by atoms with Crippen molar-refractivity contribution in [1.29, 1.82) is 0 Å². The number of carboxylic acid groups (broad SMARTS) is 1. The Bertz CT molecular complexity index is 349. The minimum absolute atomic E-state index is 0.00428. The van der Waals surface area contributed by atoms with Crippen molar-refractivity contribution >= 4 is 17.8 Å². The Hall–Kier alpha value is -1.59. The van der Waals surface area contributed by atoms with Gasteiger partial charge < -0.3 is 15.3 Å². The molecule has 114 valence electrons. The topological polar surface area (TPSA) is 86.7 Å². The molecule has 0 spiro atoms. The van der Waals surface area contributed by atoms with E-state index in [2.05, 4.69) is 5.32 Å². The highest BCUT2D eigenvalue weighted by Crippen LogP contribution is 2.17. The Morgan fingerprint density at radius 1 is 1.15 bits per heavy atom. The van der Waals surface area contributed by atoms with Crippen molar-refractivity contribution < 1.29 is 19.5 Å². The molecule has 1 aliphatic rings. The fourth-order valence-corrected chi connectivity index (χ4v) is 2.39. The third-order valence-electron chi connectivity index (χ3n) is 3.68.